The Balaban J connectivity index is 0.000000204. The number of hydrogen-bond donors (Lipinski definition) is 7. The predicted molar refractivity (Wildman–Crippen MR) is 315 cm³/mol. The summed E-state index contributed by atoms with van der Waals surface area (Å²) in [6, 6.07) is 29.7. The van der Waals surface area contributed by atoms with Crippen LogP contribution in [-0.2, 0) is 30.2 Å². The summed E-state index contributed by atoms with van der Waals surface area (Å²) in [5.41, 5.74) is 15.3. The second-order valence-corrected chi connectivity index (χ2v) is 22.8. The number of carbonyl (C=O) groups is 5. The number of carbonyl (C=O) groups excluding carboxylic acids is 5. The number of aromatic nitrogens is 2. The fourth-order valence-electron chi connectivity index (χ4n) is 10.7. The molecule has 4 aromatic carbocycles. The van der Waals surface area contributed by atoms with Gasteiger partial charge >= 0.3 is 18.0 Å². The van der Waals surface area contributed by atoms with Crippen molar-refractivity contribution in [2.24, 2.45) is 23.3 Å². The third-order valence-corrected chi connectivity index (χ3v) is 16.2. The summed E-state index contributed by atoms with van der Waals surface area (Å²) in [6.07, 6.45) is 8.47. The van der Waals surface area contributed by atoms with Gasteiger partial charge in [-0.2, -0.15) is 10.5 Å². The number of hydrogen-bond acceptors (Lipinski definition) is 13. The van der Waals surface area contributed by atoms with Crippen LogP contribution in [0.2, 0.25) is 10.0 Å². The molecule has 2 unspecified atom stereocenters. The Labute approximate surface area is 499 Å². The number of ether oxygens (including phenoxy) is 1. The van der Waals surface area contributed by atoms with E-state index in [1.807, 2.05) is 12.1 Å². The second kappa shape index (κ2) is 26.6. The van der Waals surface area contributed by atoms with Crippen LogP contribution in [0, 0.1) is 46.1 Å². The number of anilines is 4. The number of benzene rings is 4. The third-order valence-electron chi connectivity index (χ3n) is 15.7. The Morgan fingerprint density at radius 1 is 0.635 bits per heavy atom. The van der Waals surface area contributed by atoms with Gasteiger partial charge in [0, 0.05) is 38.7 Å². The first-order valence-corrected chi connectivity index (χ1v) is 28.5. The van der Waals surface area contributed by atoms with Gasteiger partial charge in [0.2, 0.25) is 11.8 Å². The molecule has 9 N–H and O–H groups in total. The van der Waals surface area contributed by atoms with Crippen LogP contribution in [-0.4, -0.2) is 92.1 Å². The first-order valence-electron chi connectivity index (χ1n) is 27.8. The second-order valence-electron chi connectivity index (χ2n) is 21.9. The molecule has 4 fully saturated rings. The molecule has 440 valence electrons. The molecule has 2 saturated carbocycles. The van der Waals surface area contributed by atoms with Crippen molar-refractivity contribution in [1.82, 2.24) is 19.8 Å². The van der Waals surface area contributed by atoms with Crippen molar-refractivity contribution >= 4 is 76.1 Å². The highest BCUT2D eigenvalue weighted by Crippen LogP contribution is 2.43. The number of urea groups is 2. The smallest absolute Gasteiger partial charge is 0.323 e. The molecule has 2 aliphatic heterocycles. The lowest BCUT2D eigenvalue weighted by Crippen LogP contribution is -2.45. The molecule has 6 atom stereocenters. The largest absolute Gasteiger partial charge is 0.461 e. The number of amides is 6. The highest BCUT2D eigenvalue weighted by Gasteiger charge is 2.43. The zero-order chi connectivity index (χ0) is 60.6. The van der Waals surface area contributed by atoms with Crippen molar-refractivity contribution in [3.05, 3.63) is 177 Å². The maximum atomic E-state index is 15.2. The molecule has 0 spiro atoms. The van der Waals surface area contributed by atoms with E-state index in [4.69, 9.17) is 39.4 Å². The van der Waals surface area contributed by atoms with Crippen molar-refractivity contribution in [3.63, 3.8) is 0 Å². The summed E-state index contributed by atoms with van der Waals surface area (Å²) in [5.74, 6) is -1.63. The number of rotatable bonds is 17. The van der Waals surface area contributed by atoms with Gasteiger partial charge in [-0.3, -0.25) is 25.0 Å². The number of esters is 1. The van der Waals surface area contributed by atoms with E-state index >= 15 is 8.78 Å². The molecule has 85 heavy (non-hydrogen) atoms. The first-order chi connectivity index (χ1) is 40.7. The lowest BCUT2D eigenvalue weighted by molar-refractivity contribution is -0.145. The quantitative estimate of drug-likeness (QED) is 0.0419. The average Bonchev–Trinajstić information content (AvgIpc) is 3.61. The summed E-state index contributed by atoms with van der Waals surface area (Å²) >= 11 is 11.7. The van der Waals surface area contributed by atoms with Crippen molar-refractivity contribution in [2.45, 2.75) is 107 Å². The minimum atomic E-state index is -1.08. The molecule has 10 rings (SSSR count). The zero-order valence-electron chi connectivity index (χ0n) is 46.2. The fourth-order valence-corrected chi connectivity index (χ4v) is 10.9. The van der Waals surface area contributed by atoms with Crippen molar-refractivity contribution in [1.29, 1.82) is 10.5 Å². The maximum Gasteiger partial charge on any atom is 0.323 e. The molecule has 2 aromatic heterocycles. The topological polar surface area (TPSA) is 295 Å². The third kappa shape index (κ3) is 15.2. The van der Waals surface area contributed by atoms with E-state index in [-0.39, 0.29) is 48.9 Å². The summed E-state index contributed by atoms with van der Waals surface area (Å²) in [5, 5.41) is 40.4. The molecule has 0 radical (unpaired) electrons. The van der Waals surface area contributed by atoms with Crippen LogP contribution in [0.1, 0.15) is 105 Å². The zero-order valence-corrected chi connectivity index (χ0v) is 47.8. The van der Waals surface area contributed by atoms with Gasteiger partial charge in [-0.25, -0.2) is 28.3 Å². The van der Waals surface area contributed by atoms with Crippen molar-refractivity contribution < 1.29 is 42.6 Å². The number of nitrogens with zero attached hydrogens (tertiary/aromatic N) is 6. The Kier molecular flexibility index (Phi) is 19.1. The van der Waals surface area contributed by atoms with Gasteiger partial charge in [-0.15, -0.1) is 0 Å². The van der Waals surface area contributed by atoms with Gasteiger partial charge in [-0.1, -0.05) is 85.3 Å². The number of pyridine rings is 2. The van der Waals surface area contributed by atoms with E-state index in [2.05, 4.69) is 43.4 Å². The minimum absolute atomic E-state index is 0.0113. The molecule has 19 nitrogen and oxygen atoms in total. The summed E-state index contributed by atoms with van der Waals surface area (Å²) in [7, 11) is 0. The lowest BCUT2D eigenvalue weighted by Gasteiger charge is -2.32. The molecule has 6 amide bonds. The molecule has 4 heterocycles. The minimum Gasteiger partial charge on any atom is -0.461 e. The summed E-state index contributed by atoms with van der Waals surface area (Å²) < 4.78 is 35.5. The van der Waals surface area contributed by atoms with E-state index in [9.17, 15) is 39.6 Å². The molecule has 6 aromatic rings. The van der Waals surface area contributed by atoms with Crippen LogP contribution < -0.4 is 32.7 Å². The highest BCUT2D eigenvalue weighted by atomic mass is 35.5. The molecule has 2 aliphatic carbocycles. The van der Waals surface area contributed by atoms with Gasteiger partial charge in [-0.05, 0) is 133 Å². The standard InChI is InChI=1S/C32H32ClFN6O4.C30H30ClFN6O3/c1-19(41)44-25-15-28(40(18-25)31(43)39-29-10-8-24(33)17-37-29)30(42)38-27-14-23(7-9-26(27)34)32(36,12-11-20-5-6-20)22-4-2-3-21(13-22)16-35;31-22-7-9-27(35-16-22)37-29(41)38-17-23(39)14-26(38)28(40)36-25-13-21(6-8-24(25)32)30(34,11-10-18-4-5-18)20-3-1-2-19(12-20)15-33/h2-4,7-10,13-14,17,20,25,28H,5-6,11-12,15,18,36H2,1H3,(H,38,42)(H,37,39,43);1-3,6-9,12-13,16,18,23,26,39H,4-5,10-11,14,17,34H2,(H,36,40)(H,35,37,41)/t25-,28-,32?;23-,26-,30?/m11/s1. The molecule has 2 saturated heterocycles. The van der Waals surface area contributed by atoms with Crippen LogP contribution in [0.4, 0.5) is 41.4 Å². The van der Waals surface area contributed by atoms with Gasteiger partial charge in [0.1, 0.15) is 41.5 Å². The number of aliphatic hydroxyl groups excluding tert-OH is 1. The normalized spacial score (nSPS) is 19.4. The summed E-state index contributed by atoms with van der Waals surface area (Å²) in [6.45, 7) is 1.11. The SMILES string of the molecule is CC(=O)O[C@@H]1C[C@H](C(=O)Nc2cc(C(N)(CCC3CC3)c3cccc(C#N)c3)ccc2F)N(C(=O)Nc2ccc(Cl)cn2)C1.N#Cc1cccc(C(N)(CCC2CC2)c2ccc(F)c(NC(=O)[C@H]3C[C@@H](O)CN3C(=O)Nc3ccc(Cl)cn3)c2)c1. The van der Waals surface area contributed by atoms with Crippen LogP contribution in [0.25, 0.3) is 0 Å². The average molecular weight is 1200 g/mol. The van der Waals surface area contributed by atoms with E-state index in [1.54, 1.807) is 60.7 Å². The molecule has 0 bridgehead atoms. The van der Waals surface area contributed by atoms with E-state index in [0.29, 0.717) is 62.5 Å². The fraction of sp³-hybridized carbons (Fsp3) is 0.339. The number of β-amino-alcohol motifs (C(OH)–C–C–N with tert-alkyl or cyclic N) is 1. The number of nitrogens with two attached hydrogens (primary N) is 2. The van der Waals surface area contributed by atoms with Crippen LogP contribution in [0.15, 0.2) is 122 Å². The number of likely N-dealkylation sites (tertiary alicyclic amines) is 2. The Bertz CT molecular complexity index is 3560. The van der Waals surface area contributed by atoms with Gasteiger partial charge in [0.25, 0.3) is 0 Å². The van der Waals surface area contributed by atoms with Crippen LogP contribution >= 0.6 is 23.2 Å². The van der Waals surface area contributed by atoms with Crippen molar-refractivity contribution in [3.8, 4) is 12.1 Å². The van der Waals surface area contributed by atoms with E-state index in [0.717, 1.165) is 44.1 Å². The molecular weight excluding hydrogens is 1130 g/mol. The maximum absolute atomic E-state index is 15.2. The number of nitrogens with one attached hydrogen (secondary N) is 4. The molecule has 4 aliphatic rings. The Hall–Kier alpha value is -8.57. The highest BCUT2D eigenvalue weighted by molar-refractivity contribution is 6.30. The van der Waals surface area contributed by atoms with Crippen LogP contribution in [0.3, 0.4) is 0 Å². The van der Waals surface area contributed by atoms with Crippen LogP contribution in [0.5, 0.6) is 0 Å². The van der Waals surface area contributed by atoms with Gasteiger partial charge < -0.3 is 41.7 Å². The number of aliphatic hydroxyl groups is 1. The first kappa shape index (κ1) is 61.0. The van der Waals surface area contributed by atoms with E-state index in [1.165, 1.54) is 65.5 Å². The van der Waals surface area contributed by atoms with Gasteiger partial charge in [0.05, 0.1) is 68.4 Å². The number of nitriles is 2. The Morgan fingerprint density at radius 3 is 1.48 bits per heavy atom. The van der Waals surface area contributed by atoms with E-state index < -0.39 is 76.8 Å². The summed E-state index contributed by atoms with van der Waals surface area (Å²) in [4.78, 5) is 75.2. The Morgan fingerprint density at radius 2 is 1.07 bits per heavy atom. The lowest BCUT2D eigenvalue weighted by atomic mass is 9.79. The molecule has 23 heteroatoms. The molecular formula is C62H62Cl2F2N12O7. The van der Waals surface area contributed by atoms with Crippen molar-refractivity contribution in [2.75, 3.05) is 34.4 Å². The van der Waals surface area contributed by atoms with Gasteiger partial charge in [0.15, 0.2) is 0 Å². The predicted octanol–water partition coefficient (Wildman–Crippen LogP) is 10.1. The monoisotopic (exact) mass is 1190 g/mol. The number of halogens is 4.